The molecule has 1 saturated heterocycles. The summed E-state index contributed by atoms with van der Waals surface area (Å²) in [6.45, 7) is 10.6. The number of amides is 1. The molecule has 2 aromatic carbocycles. The SMILES string of the molecule is CC(C)NC(=O)Cn1c(-c2ccc(F)c(Cl)c2)nc2ccc(N3CCCN[C@@H](C(C)C)C3)cc2c1=O. The predicted molar refractivity (Wildman–Crippen MR) is 143 cm³/mol. The number of benzene rings is 2. The molecule has 0 radical (unpaired) electrons. The van der Waals surface area contributed by atoms with Crippen LogP contribution in [0.25, 0.3) is 22.3 Å². The number of carbonyl (C=O) groups excluding carboxylic acids is 1. The van der Waals surface area contributed by atoms with Crippen molar-refractivity contribution in [3.05, 3.63) is 57.6 Å². The van der Waals surface area contributed by atoms with Crippen LogP contribution in [0.4, 0.5) is 10.1 Å². The summed E-state index contributed by atoms with van der Waals surface area (Å²) < 4.78 is 15.2. The lowest BCUT2D eigenvalue weighted by atomic mass is 10.0. The van der Waals surface area contributed by atoms with Crippen molar-refractivity contribution in [1.82, 2.24) is 20.2 Å². The molecule has 7 nitrogen and oxygen atoms in total. The number of halogens is 2. The first kappa shape index (κ1) is 26.1. The van der Waals surface area contributed by atoms with E-state index in [-0.39, 0.29) is 34.9 Å². The van der Waals surface area contributed by atoms with E-state index < -0.39 is 5.82 Å². The number of anilines is 1. The van der Waals surface area contributed by atoms with Gasteiger partial charge in [-0.3, -0.25) is 14.2 Å². The molecular formula is C27H33ClFN5O2. The lowest BCUT2D eigenvalue weighted by Crippen LogP contribution is -2.41. The van der Waals surface area contributed by atoms with E-state index in [1.807, 2.05) is 32.0 Å². The van der Waals surface area contributed by atoms with Gasteiger partial charge in [0.15, 0.2) is 0 Å². The summed E-state index contributed by atoms with van der Waals surface area (Å²) in [5.74, 6) is -0.129. The second-order valence-electron chi connectivity index (χ2n) is 9.98. The number of carbonyl (C=O) groups is 1. The summed E-state index contributed by atoms with van der Waals surface area (Å²) in [7, 11) is 0. The van der Waals surface area contributed by atoms with Crippen molar-refractivity contribution in [2.45, 2.75) is 52.7 Å². The highest BCUT2D eigenvalue weighted by atomic mass is 35.5. The van der Waals surface area contributed by atoms with Crippen LogP contribution in [0, 0.1) is 11.7 Å². The van der Waals surface area contributed by atoms with Gasteiger partial charge in [-0.1, -0.05) is 25.4 Å². The van der Waals surface area contributed by atoms with Crippen molar-refractivity contribution in [2.75, 3.05) is 24.5 Å². The van der Waals surface area contributed by atoms with E-state index in [1.54, 1.807) is 0 Å². The Labute approximate surface area is 215 Å². The minimum Gasteiger partial charge on any atom is -0.370 e. The summed E-state index contributed by atoms with van der Waals surface area (Å²) in [4.78, 5) is 33.5. The van der Waals surface area contributed by atoms with Gasteiger partial charge in [0.25, 0.3) is 5.56 Å². The molecule has 1 aliphatic heterocycles. The van der Waals surface area contributed by atoms with Crippen LogP contribution >= 0.6 is 11.6 Å². The molecule has 2 heterocycles. The van der Waals surface area contributed by atoms with Gasteiger partial charge in [-0.25, -0.2) is 9.37 Å². The minimum absolute atomic E-state index is 0.0788. The Morgan fingerprint density at radius 3 is 2.69 bits per heavy atom. The maximum Gasteiger partial charge on any atom is 0.262 e. The van der Waals surface area contributed by atoms with Gasteiger partial charge < -0.3 is 15.5 Å². The van der Waals surface area contributed by atoms with Gasteiger partial charge in [0, 0.05) is 36.4 Å². The normalized spacial score (nSPS) is 16.6. The Balaban J connectivity index is 1.83. The molecule has 36 heavy (non-hydrogen) atoms. The van der Waals surface area contributed by atoms with Crippen molar-refractivity contribution < 1.29 is 9.18 Å². The summed E-state index contributed by atoms with van der Waals surface area (Å²) >= 11 is 6.02. The quantitative estimate of drug-likeness (QED) is 0.516. The van der Waals surface area contributed by atoms with Gasteiger partial charge in [-0.2, -0.15) is 0 Å². The molecular weight excluding hydrogens is 481 g/mol. The third kappa shape index (κ3) is 5.71. The largest absolute Gasteiger partial charge is 0.370 e. The van der Waals surface area contributed by atoms with E-state index in [0.29, 0.717) is 28.4 Å². The molecule has 1 aromatic heterocycles. The first-order chi connectivity index (χ1) is 17.1. The van der Waals surface area contributed by atoms with Crippen LogP contribution in [0.15, 0.2) is 41.2 Å². The topological polar surface area (TPSA) is 79.3 Å². The van der Waals surface area contributed by atoms with Crippen molar-refractivity contribution in [3.63, 3.8) is 0 Å². The Hall–Kier alpha value is -2.97. The predicted octanol–water partition coefficient (Wildman–Crippen LogP) is 4.20. The lowest BCUT2D eigenvalue weighted by Gasteiger charge is -2.28. The van der Waals surface area contributed by atoms with Crippen LogP contribution in [0.2, 0.25) is 5.02 Å². The smallest absolute Gasteiger partial charge is 0.262 e. The molecule has 3 aromatic rings. The molecule has 0 aliphatic carbocycles. The van der Waals surface area contributed by atoms with E-state index >= 15 is 0 Å². The Bertz CT molecular complexity index is 1320. The third-order valence-corrected chi connectivity index (χ3v) is 6.75. The highest BCUT2D eigenvalue weighted by Crippen LogP contribution is 2.27. The second kappa shape index (κ2) is 11.0. The fourth-order valence-corrected chi connectivity index (χ4v) is 4.73. The molecule has 1 amide bonds. The number of hydrogen-bond acceptors (Lipinski definition) is 5. The second-order valence-corrected chi connectivity index (χ2v) is 10.4. The van der Waals surface area contributed by atoms with E-state index in [1.165, 1.54) is 22.8 Å². The standard InChI is InChI=1S/C27H33ClFN5O2/c1-16(2)24-14-33(11-5-10-30-24)19-7-9-23-20(13-19)27(36)34(15-25(35)31-17(3)4)26(32-23)18-6-8-22(29)21(28)12-18/h6-9,12-13,16-17,24,30H,5,10-11,14-15H2,1-4H3,(H,31,35)/t24-/m1/s1. The van der Waals surface area contributed by atoms with Crippen LogP contribution in [-0.2, 0) is 11.3 Å². The molecule has 0 spiro atoms. The molecule has 1 aliphatic rings. The summed E-state index contributed by atoms with van der Waals surface area (Å²) in [5, 5.41) is 6.78. The average Bonchev–Trinajstić information content (AvgIpc) is 3.08. The van der Waals surface area contributed by atoms with Gasteiger partial charge in [0.1, 0.15) is 18.2 Å². The molecule has 2 N–H and O–H groups in total. The molecule has 1 atom stereocenters. The van der Waals surface area contributed by atoms with Crippen molar-refractivity contribution in [3.8, 4) is 11.4 Å². The zero-order valence-electron chi connectivity index (χ0n) is 21.1. The molecule has 9 heteroatoms. The number of nitrogens with one attached hydrogen (secondary N) is 2. The highest BCUT2D eigenvalue weighted by Gasteiger charge is 2.22. The summed E-state index contributed by atoms with van der Waals surface area (Å²) in [6.07, 6.45) is 1.00. The van der Waals surface area contributed by atoms with Crippen LogP contribution in [0.5, 0.6) is 0 Å². The average molecular weight is 514 g/mol. The van der Waals surface area contributed by atoms with Gasteiger partial charge >= 0.3 is 0 Å². The van der Waals surface area contributed by atoms with Crippen LogP contribution in [0.3, 0.4) is 0 Å². The Morgan fingerprint density at radius 1 is 1.22 bits per heavy atom. The van der Waals surface area contributed by atoms with Crippen molar-refractivity contribution in [1.29, 1.82) is 0 Å². The van der Waals surface area contributed by atoms with Crippen LogP contribution in [0.1, 0.15) is 34.1 Å². The number of nitrogens with zero attached hydrogens (tertiary/aromatic N) is 3. The van der Waals surface area contributed by atoms with E-state index in [4.69, 9.17) is 16.6 Å². The van der Waals surface area contributed by atoms with Crippen molar-refractivity contribution in [2.24, 2.45) is 5.92 Å². The van der Waals surface area contributed by atoms with E-state index in [0.717, 1.165) is 31.7 Å². The van der Waals surface area contributed by atoms with Crippen LogP contribution < -0.4 is 21.1 Å². The number of aromatic nitrogens is 2. The molecule has 0 bridgehead atoms. The maximum absolute atomic E-state index is 13.8. The minimum atomic E-state index is -0.566. The molecule has 0 saturated carbocycles. The first-order valence-corrected chi connectivity index (χ1v) is 12.8. The zero-order chi connectivity index (χ0) is 26.0. The van der Waals surface area contributed by atoms with E-state index in [2.05, 4.69) is 29.4 Å². The Kier molecular flexibility index (Phi) is 7.95. The fraction of sp³-hybridized carbons (Fsp3) is 0.444. The maximum atomic E-state index is 13.8. The number of hydrogen-bond donors (Lipinski definition) is 2. The first-order valence-electron chi connectivity index (χ1n) is 12.4. The number of rotatable bonds is 6. The summed E-state index contributed by atoms with van der Waals surface area (Å²) in [6, 6.07) is 10.1. The fourth-order valence-electron chi connectivity index (χ4n) is 4.55. The van der Waals surface area contributed by atoms with Crippen molar-refractivity contribution >= 4 is 34.1 Å². The number of fused-ring (bicyclic) bond motifs is 1. The van der Waals surface area contributed by atoms with Gasteiger partial charge in [-0.15, -0.1) is 0 Å². The van der Waals surface area contributed by atoms with Crippen LogP contribution in [-0.4, -0.2) is 47.2 Å². The van der Waals surface area contributed by atoms with E-state index in [9.17, 15) is 14.0 Å². The lowest BCUT2D eigenvalue weighted by molar-refractivity contribution is -0.122. The molecule has 4 rings (SSSR count). The van der Waals surface area contributed by atoms with Gasteiger partial charge in [-0.05, 0) is 69.1 Å². The molecule has 0 unspecified atom stereocenters. The monoisotopic (exact) mass is 513 g/mol. The van der Waals surface area contributed by atoms with Gasteiger partial charge in [0.2, 0.25) is 5.91 Å². The third-order valence-electron chi connectivity index (χ3n) is 6.47. The Morgan fingerprint density at radius 2 is 2.00 bits per heavy atom. The van der Waals surface area contributed by atoms with Gasteiger partial charge in [0.05, 0.1) is 15.9 Å². The summed E-state index contributed by atoms with van der Waals surface area (Å²) in [5.41, 5.74) is 1.59. The highest BCUT2D eigenvalue weighted by molar-refractivity contribution is 6.31. The molecule has 1 fully saturated rings. The molecule has 192 valence electrons. The zero-order valence-corrected chi connectivity index (χ0v) is 21.9.